The minimum Gasteiger partial charge on any atom is -0.373 e. The summed E-state index contributed by atoms with van der Waals surface area (Å²) in [4.78, 5) is 2.34. The van der Waals surface area contributed by atoms with Gasteiger partial charge in [-0.1, -0.05) is 18.2 Å². The number of benzene rings is 1. The van der Waals surface area contributed by atoms with Crippen LogP contribution in [0, 0.1) is 0 Å². The molecule has 3 heterocycles. The van der Waals surface area contributed by atoms with Crippen molar-refractivity contribution in [3.05, 3.63) is 47.3 Å². The SMILES string of the molecule is CC1CN(S(=O)(=O)N2CCN(Cc3nn(-c4ccccc4)c4c3CCC4)CC2)CC(C)O1. The molecule has 0 bridgehead atoms. The van der Waals surface area contributed by atoms with Gasteiger partial charge in [0.25, 0.3) is 10.2 Å². The van der Waals surface area contributed by atoms with Crippen LogP contribution in [0.1, 0.15) is 37.2 Å². The standard InChI is InChI=1S/C23H33N5O3S/c1-18-15-27(16-19(2)31-18)32(29,30)26-13-11-25(12-14-26)17-22-21-9-6-10-23(21)28(24-22)20-7-4-3-5-8-20/h3-5,7-8,18-19H,6,9-17H2,1-2H3. The maximum absolute atomic E-state index is 13.2. The molecule has 5 rings (SSSR count). The number of para-hydroxylation sites is 1. The first-order valence-corrected chi connectivity index (χ1v) is 13.1. The van der Waals surface area contributed by atoms with E-state index >= 15 is 0 Å². The van der Waals surface area contributed by atoms with Crippen LogP contribution in [0.5, 0.6) is 0 Å². The number of nitrogens with zero attached hydrogens (tertiary/aromatic N) is 5. The smallest absolute Gasteiger partial charge is 0.282 e. The third-order valence-electron chi connectivity index (χ3n) is 6.76. The number of ether oxygens (including phenoxy) is 1. The lowest BCUT2D eigenvalue weighted by molar-refractivity contribution is -0.0457. The van der Waals surface area contributed by atoms with Gasteiger partial charge in [-0.2, -0.15) is 22.1 Å². The lowest BCUT2D eigenvalue weighted by Gasteiger charge is -2.40. The summed E-state index contributed by atoms with van der Waals surface area (Å²) in [6.45, 7) is 7.98. The van der Waals surface area contributed by atoms with Gasteiger partial charge in [-0.3, -0.25) is 4.90 Å². The Morgan fingerprint density at radius 2 is 1.66 bits per heavy atom. The predicted octanol–water partition coefficient (Wildman–Crippen LogP) is 1.83. The van der Waals surface area contributed by atoms with Crippen LogP contribution in [0.4, 0.5) is 0 Å². The molecule has 2 aromatic rings. The summed E-state index contributed by atoms with van der Waals surface area (Å²) in [6, 6.07) is 10.3. The Morgan fingerprint density at radius 1 is 0.969 bits per heavy atom. The third-order valence-corrected chi connectivity index (χ3v) is 8.73. The van der Waals surface area contributed by atoms with Gasteiger partial charge in [-0.25, -0.2) is 4.68 Å². The van der Waals surface area contributed by atoms with Gasteiger partial charge < -0.3 is 4.74 Å². The average molecular weight is 460 g/mol. The maximum Gasteiger partial charge on any atom is 0.282 e. The van der Waals surface area contributed by atoms with Gasteiger partial charge in [0.15, 0.2) is 0 Å². The Morgan fingerprint density at radius 3 is 2.34 bits per heavy atom. The molecular weight excluding hydrogens is 426 g/mol. The fraction of sp³-hybridized carbons (Fsp3) is 0.609. The molecule has 1 aromatic carbocycles. The summed E-state index contributed by atoms with van der Waals surface area (Å²) in [5.41, 5.74) is 4.98. The summed E-state index contributed by atoms with van der Waals surface area (Å²) in [5, 5.41) is 4.98. The van der Waals surface area contributed by atoms with Crippen molar-refractivity contribution in [3.63, 3.8) is 0 Å². The van der Waals surface area contributed by atoms with E-state index in [2.05, 4.69) is 21.7 Å². The molecule has 8 nitrogen and oxygen atoms in total. The van der Waals surface area contributed by atoms with Crippen molar-refractivity contribution >= 4 is 10.2 Å². The second-order valence-corrected chi connectivity index (χ2v) is 11.2. The van der Waals surface area contributed by atoms with Crippen LogP contribution in [0.2, 0.25) is 0 Å². The molecule has 0 N–H and O–H groups in total. The fourth-order valence-corrected chi connectivity index (χ4v) is 6.98. The summed E-state index contributed by atoms with van der Waals surface area (Å²) < 4.78 is 37.4. The van der Waals surface area contributed by atoms with Crippen molar-refractivity contribution in [3.8, 4) is 5.69 Å². The molecule has 2 atom stereocenters. The molecule has 2 unspecified atom stereocenters. The van der Waals surface area contributed by atoms with Crippen molar-refractivity contribution in [2.45, 2.75) is 51.9 Å². The molecule has 1 aromatic heterocycles. The number of hydrogen-bond donors (Lipinski definition) is 0. The number of hydrogen-bond acceptors (Lipinski definition) is 5. The molecule has 3 aliphatic rings. The number of aromatic nitrogens is 2. The monoisotopic (exact) mass is 459 g/mol. The first-order valence-electron chi connectivity index (χ1n) is 11.7. The minimum atomic E-state index is -3.45. The van der Waals surface area contributed by atoms with Crippen molar-refractivity contribution < 1.29 is 13.2 Å². The zero-order valence-electron chi connectivity index (χ0n) is 19.0. The normalized spacial score (nSPS) is 25.8. The van der Waals surface area contributed by atoms with Crippen LogP contribution in [0.3, 0.4) is 0 Å². The molecule has 0 amide bonds. The van der Waals surface area contributed by atoms with Crippen molar-refractivity contribution in [2.24, 2.45) is 0 Å². The van der Waals surface area contributed by atoms with E-state index in [-0.39, 0.29) is 12.2 Å². The third kappa shape index (κ3) is 4.24. The van der Waals surface area contributed by atoms with Gasteiger partial charge in [0.2, 0.25) is 0 Å². The van der Waals surface area contributed by atoms with Crippen molar-refractivity contribution in [2.75, 3.05) is 39.3 Å². The largest absolute Gasteiger partial charge is 0.373 e. The summed E-state index contributed by atoms with van der Waals surface area (Å²) in [5.74, 6) is 0. The lowest BCUT2D eigenvalue weighted by atomic mass is 10.2. The zero-order chi connectivity index (χ0) is 22.3. The number of morpholine rings is 1. The van der Waals surface area contributed by atoms with E-state index in [1.807, 2.05) is 32.0 Å². The topological polar surface area (TPSA) is 70.9 Å². The Balaban J connectivity index is 1.25. The predicted molar refractivity (Wildman–Crippen MR) is 123 cm³/mol. The molecule has 0 spiro atoms. The number of rotatable bonds is 5. The molecule has 0 radical (unpaired) electrons. The van der Waals surface area contributed by atoms with Crippen LogP contribution in [-0.2, 0) is 34.3 Å². The van der Waals surface area contributed by atoms with Crippen LogP contribution in [0.25, 0.3) is 5.69 Å². The molecule has 32 heavy (non-hydrogen) atoms. The van der Waals surface area contributed by atoms with E-state index in [1.165, 1.54) is 17.7 Å². The second kappa shape index (κ2) is 8.87. The van der Waals surface area contributed by atoms with E-state index < -0.39 is 10.2 Å². The first kappa shape index (κ1) is 22.0. The van der Waals surface area contributed by atoms with Gasteiger partial charge >= 0.3 is 0 Å². The van der Waals surface area contributed by atoms with E-state index in [1.54, 1.807) is 8.61 Å². The molecule has 2 fully saturated rings. The maximum atomic E-state index is 13.2. The summed E-state index contributed by atoms with van der Waals surface area (Å²) in [6.07, 6.45) is 3.18. The molecule has 1 aliphatic carbocycles. The zero-order valence-corrected chi connectivity index (χ0v) is 19.8. The Bertz CT molecular complexity index is 1040. The average Bonchev–Trinajstić information content (AvgIpc) is 3.38. The van der Waals surface area contributed by atoms with Gasteiger partial charge in [0.1, 0.15) is 0 Å². The first-order chi connectivity index (χ1) is 15.4. The summed E-state index contributed by atoms with van der Waals surface area (Å²) >= 11 is 0. The number of fused-ring (bicyclic) bond motifs is 1. The van der Waals surface area contributed by atoms with E-state index in [9.17, 15) is 8.42 Å². The Hall–Kier alpha value is -1.78. The highest BCUT2D eigenvalue weighted by Crippen LogP contribution is 2.29. The second-order valence-electron chi connectivity index (χ2n) is 9.23. The summed E-state index contributed by atoms with van der Waals surface area (Å²) in [7, 11) is -3.45. The molecule has 174 valence electrons. The highest BCUT2D eigenvalue weighted by molar-refractivity contribution is 7.86. The van der Waals surface area contributed by atoms with Gasteiger partial charge in [-0.15, -0.1) is 0 Å². The van der Waals surface area contributed by atoms with Crippen LogP contribution in [-0.4, -0.2) is 83.2 Å². The molecule has 2 aliphatic heterocycles. The van der Waals surface area contributed by atoms with Crippen molar-refractivity contribution in [1.82, 2.24) is 23.3 Å². The molecular formula is C23H33N5O3S. The van der Waals surface area contributed by atoms with E-state index in [0.29, 0.717) is 26.2 Å². The number of piperazine rings is 1. The van der Waals surface area contributed by atoms with E-state index in [4.69, 9.17) is 9.84 Å². The molecule has 9 heteroatoms. The van der Waals surface area contributed by atoms with Gasteiger partial charge in [-0.05, 0) is 50.8 Å². The highest BCUT2D eigenvalue weighted by Gasteiger charge is 2.37. The molecule has 2 saturated heterocycles. The van der Waals surface area contributed by atoms with Crippen LogP contribution < -0.4 is 0 Å². The Labute approximate surface area is 190 Å². The molecule has 0 saturated carbocycles. The van der Waals surface area contributed by atoms with E-state index in [0.717, 1.165) is 43.9 Å². The van der Waals surface area contributed by atoms with Crippen molar-refractivity contribution in [1.29, 1.82) is 0 Å². The van der Waals surface area contributed by atoms with Gasteiger partial charge in [0, 0.05) is 51.5 Å². The Kier molecular flexibility index (Phi) is 6.11. The fourth-order valence-electron chi connectivity index (χ4n) is 5.24. The van der Waals surface area contributed by atoms with Crippen LogP contribution >= 0.6 is 0 Å². The highest BCUT2D eigenvalue weighted by atomic mass is 32.2. The van der Waals surface area contributed by atoms with Crippen LogP contribution in [0.15, 0.2) is 30.3 Å². The van der Waals surface area contributed by atoms with Gasteiger partial charge in [0.05, 0.1) is 23.6 Å². The quantitative estimate of drug-likeness (QED) is 0.682. The minimum absolute atomic E-state index is 0.0726. The lowest BCUT2D eigenvalue weighted by Crippen LogP contribution is -2.57.